The SMILES string of the molecule is O=c1[nH]c(/N=C/c2ccc([N+](=O)[O-])cc2)nc2nc[nH]c12. The van der Waals surface area contributed by atoms with Crippen molar-refractivity contribution in [3.8, 4) is 0 Å². The Morgan fingerprint density at radius 2 is 2.05 bits per heavy atom. The molecule has 0 unspecified atom stereocenters. The molecule has 2 N–H and O–H groups in total. The summed E-state index contributed by atoms with van der Waals surface area (Å²) >= 11 is 0. The number of nitro groups is 1. The van der Waals surface area contributed by atoms with Gasteiger partial charge in [-0.3, -0.25) is 19.9 Å². The number of aromatic amines is 2. The quantitative estimate of drug-likeness (QED) is 0.425. The van der Waals surface area contributed by atoms with Crippen LogP contribution in [0.15, 0.2) is 40.4 Å². The van der Waals surface area contributed by atoms with Gasteiger partial charge < -0.3 is 4.98 Å². The molecule has 0 bridgehead atoms. The molecule has 2 aromatic heterocycles. The summed E-state index contributed by atoms with van der Waals surface area (Å²) in [6.45, 7) is 0. The predicted molar refractivity (Wildman–Crippen MR) is 74.9 cm³/mol. The normalized spacial score (nSPS) is 11.2. The molecule has 0 saturated carbocycles. The maximum atomic E-state index is 11.7. The number of non-ortho nitro benzene ring substituents is 1. The number of benzene rings is 1. The second-order valence-corrected chi connectivity index (χ2v) is 4.10. The van der Waals surface area contributed by atoms with Gasteiger partial charge in [-0.05, 0) is 17.7 Å². The van der Waals surface area contributed by atoms with Crippen molar-refractivity contribution in [3.05, 3.63) is 56.6 Å². The number of imidazole rings is 1. The average molecular weight is 284 g/mol. The molecule has 0 atom stereocenters. The Bertz CT molecular complexity index is 893. The summed E-state index contributed by atoms with van der Waals surface area (Å²) < 4.78 is 0. The van der Waals surface area contributed by atoms with Crippen molar-refractivity contribution in [3.63, 3.8) is 0 Å². The van der Waals surface area contributed by atoms with Gasteiger partial charge in [-0.25, -0.2) is 9.98 Å². The largest absolute Gasteiger partial charge is 0.339 e. The van der Waals surface area contributed by atoms with Crippen LogP contribution in [0.2, 0.25) is 0 Å². The highest BCUT2D eigenvalue weighted by Crippen LogP contribution is 2.11. The molecule has 21 heavy (non-hydrogen) atoms. The summed E-state index contributed by atoms with van der Waals surface area (Å²) in [7, 11) is 0. The number of nitrogens with zero attached hydrogens (tertiary/aromatic N) is 4. The zero-order chi connectivity index (χ0) is 14.8. The molecule has 2 heterocycles. The second-order valence-electron chi connectivity index (χ2n) is 4.10. The van der Waals surface area contributed by atoms with Crippen LogP contribution in [0.25, 0.3) is 11.2 Å². The van der Waals surface area contributed by atoms with Gasteiger partial charge in [0, 0.05) is 18.3 Å². The van der Waals surface area contributed by atoms with Gasteiger partial charge in [0.1, 0.15) is 0 Å². The van der Waals surface area contributed by atoms with Crippen LogP contribution in [0, 0.1) is 10.1 Å². The Labute approximate surface area is 116 Å². The van der Waals surface area contributed by atoms with Crippen LogP contribution in [0.4, 0.5) is 11.6 Å². The Kier molecular flexibility index (Phi) is 2.99. The Morgan fingerprint density at radius 1 is 1.29 bits per heavy atom. The van der Waals surface area contributed by atoms with E-state index >= 15 is 0 Å². The highest BCUT2D eigenvalue weighted by atomic mass is 16.6. The van der Waals surface area contributed by atoms with Gasteiger partial charge >= 0.3 is 0 Å². The maximum Gasteiger partial charge on any atom is 0.278 e. The Balaban J connectivity index is 1.90. The van der Waals surface area contributed by atoms with Gasteiger partial charge in [0.05, 0.1) is 11.3 Å². The monoisotopic (exact) mass is 284 g/mol. The number of nitro benzene ring substituents is 1. The lowest BCUT2D eigenvalue weighted by Gasteiger charge is -1.94. The lowest BCUT2D eigenvalue weighted by Crippen LogP contribution is -2.07. The van der Waals surface area contributed by atoms with Crippen molar-refractivity contribution in [2.75, 3.05) is 0 Å². The smallest absolute Gasteiger partial charge is 0.278 e. The molecule has 0 amide bonds. The van der Waals surface area contributed by atoms with Crippen LogP contribution in [0.5, 0.6) is 0 Å². The first-order valence-corrected chi connectivity index (χ1v) is 5.85. The molecule has 1 aromatic carbocycles. The molecule has 0 radical (unpaired) electrons. The molecule has 3 rings (SSSR count). The van der Waals surface area contributed by atoms with Crippen LogP contribution in [-0.2, 0) is 0 Å². The van der Waals surface area contributed by atoms with Gasteiger partial charge in [0.2, 0.25) is 5.95 Å². The molecule has 0 aliphatic carbocycles. The molecule has 0 spiro atoms. The van der Waals surface area contributed by atoms with Crippen LogP contribution in [-0.4, -0.2) is 31.1 Å². The van der Waals surface area contributed by atoms with E-state index < -0.39 is 4.92 Å². The average Bonchev–Trinajstić information content (AvgIpc) is 2.94. The van der Waals surface area contributed by atoms with Gasteiger partial charge in [0.15, 0.2) is 11.2 Å². The van der Waals surface area contributed by atoms with E-state index in [9.17, 15) is 14.9 Å². The summed E-state index contributed by atoms with van der Waals surface area (Å²) in [5, 5.41) is 10.5. The number of rotatable bonds is 3. The number of H-pyrrole nitrogens is 2. The van der Waals surface area contributed by atoms with Crippen molar-refractivity contribution in [2.24, 2.45) is 4.99 Å². The predicted octanol–water partition coefficient (Wildman–Crippen LogP) is 1.30. The van der Waals surface area contributed by atoms with Gasteiger partial charge in [-0.2, -0.15) is 4.98 Å². The minimum Gasteiger partial charge on any atom is -0.339 e. The van der Waals surface area contributed by atoms with Crippen molar-refractivity contribution in [1.82, 2.24) is 19.9 Å². The lowest BCUT2D eigenvalue weighted by molar-refractivity contribution is -0.384. The second kappa shape index (κ2) is 4.96. The third kappa shape index (κ3) is 2.52. The first-order valence-electron chi connectivity index (χ1n) is 5.85. The van der Waals surface area contributed by atoms with E-state index in [1.807, 2.05) is 0 Å². The van der Waals surface area contributed by atoms with Crippen LogP contribution >= 0.6 is 0 Å². The topological polar surface area (TPSA) is 130 Å². The molecule has 9 heteroatoms. The zero-order valence-corrected chi connectivity index (χ0v) is 10.5. The van der Waals surface area contributed by atoms with Crippen LogP contribution < -0.4 is 5.56 Å². The molecule has 0 saturated heterocycles. The third-order valence-corrected chi connectivity index (χ3v) is 2.72. The number of hydrogen-bond acceptors (Lipinski definition) is 6. The van der Waals surface area contributed by atoms with Crippen LogP contribution in [0.3, 0.4) is 0 Å². The molecule has 9 nitrogen and oxygen atoms in total. The maximum absolute atomic E-state index is 11.7. The molecule has 0 fully saturated rings. The lowest BCUT2D eigenvalue weighted by atomic mass is 10.2. The minimum atomic E-state index is -0.481. The summed E-state index contributed by atoms with van der Waals surface area (Å²) in [4.78, 5) is 38.9. The highest BCUT2D eigenvalue weighted by Gasteiger charge is 2.05. The molecule has 104 valence electrons. The summed E-state index contributed by atoms with van der Waals surface area (Å²) in [6, 6.07) is 5.84. The fraction of sp³-hybridized carbons (Fsp3) is 0. The van der Waals surface area contributed by atoms with E-state index in [2.05, 4.69) is 24.9 Å². The molecular weight excluding hydrogens is 276 g/mol. The molecular formula is C12H8N6O3. The van der Waals surface area contributed by atoms with Gasteiger partial charge in [-0.1, -0.05) is 0 Å². The summed E-state index contributed by atoms with van der Waals surface area (Å²) in [6.07, 6.45) is 2.82. The zero-order valence-electron chi connectivity index (χ0n) is 10.5. The molecule has 3 aromatic rings. The van der Waals surface area contributed by atoms with Gasteiger partial charge in [-0.15, -0.1) is 0 Å². The molecule has 0 aliphatic rings. The van der Waals surface area contributed by atoms with Crippen molar-refractivity contribution < 1.29 is 4.92 Å². The van der Waals surface area contributed by atoms with E-state index in [4.69, 9.17) is 0 Å². The van der Waals surface area contributed by atoms with E-state index in [1.54, 1.807) is 12.1 Å². The van der Waals surface area contributed by atoms with Crippen molar-refractivity contribution in [1.29, 1.82) is 0 Å². The Morgan fingerprint density at radius 3 is 2.76 bits per heavy atom. The standard InChI is InChI=1S/C12H8N6O3/c19-11-9-10(15-6-14-9)16-12(17-11)13-5-7-1-3-8(4-2-7)18(20)21/h1-6H,(H2,14,15,16,17,19)/b13-5+. The van der Waals surface area contributed by atoms with Crippen molar-refractivity contribution >= 4 is 29.0 Å². The number of fused-ring (bicyclic) bond motifs is 1. The minimum absolute atomic E-state index is 0.00313. The van der Waals surface area contributed by atoms with E-state index in [0.717, 1.165) is 0 Å². The summed E-state index contributed by atoms with van der Waals surface area (Å²) in [5.74, 6) is 0.109. The first-order chi connectivity index (χ1) is 10.1. The highest BCUT2D eigenvalue weighted by molar-refractivity contribution is 5.82. The Hall–Kier alpha value is -3.36. The van der Waals surface area contributed by atoms with E-state index in [1.165, 1.54) is 24.7 Å². The number of nitrogens with one attached hydrogen (secondary N) is 2. The first kappa shape index (κ1) is 12.7. The fourth-order valence-electron chi connectivity index (χ4n) is 1.71. The fourth-order valence-corrected chi connectivity index (χ4v) is 1.71. The van der Waals surface area contributed by atoms with E-state index in [0.29, 0.717) is 5.56 Å². The van der Waals surface area contributed by atoms with Gasteiger partial charge in [0.25, 0.3) is 11.2 Å². The summed E-state index contributed by atoms with van der Waals surface area (Å²) in [5.41, 5.74) is 0.828. The molecule has 0 aliphatic heterocycles. The van der Waals surface area contributed by atoms with Crippen LogP contribution in [0.1, 0.15) is 5.56 Å². The number of hydrogen-bond donors (Lipinski definition) is 2. The number of aliphatic imine (C=N–C) groups is 1. The number of aromatic nitrogens is 4. The van der Waals surface area contributed by atoms with Crippen molar-refractivity contribution in [2.45, 2.75) is 0 Å². The third-order valence-electron chi connectivity index (χ3n) is 2.72. The van der Waals surface area contributed by atoms with E-state index in [-0.39, 0.29) is 28.4 Å².